The number of aliphatic hydroxyl groups is 1. The van der Waals surface area contributed by atoms with E-state index in [9.17, 15) is 20.3 Å². The maximum Gasteiger partial charge on any atom is 0.297 e. The second-order valence-corrected chi connectivity index (χ2v) is 8.45. The third-order valence-corrected chi connectivity index (χ3v) is 7.36. The van der Waals surface area contributed by atoms with Gasteiger partial charge in [0.15, 0.2) is 0 Å². The van der Waals surface area contributed by atoms with E-state index >= 15 is 0 Å². The highest BCUT2D eigenvalue weighted by atomic mass is 17.0. The quantitative estimate of drug-likeness (QED) is 0.486. The molecule has 0 heterocycles. The van der Waals surface area contributed by atoms with Crippen molar-refractivity contribution in [3.8, 4) is 5.75 Å². The van der Waals surface area contributed by atoms with E-state index in [4.69, 9.17) is 4.84 Å². The van der Waals surface area contributed by atoms with Crippen molar-refractivity contribution in [3.63, 3.8) is 0 Å². The molecule has 0 amide bonds. The number of rotatable bonds is 2. The average Bonchev–Trinajstić information content (AvgIpc) is 2.77. The molecule has 0 unspecified atom stereocenters. The molecule has 0 aromatic heterocycles. The Morgan fingerprint density at radius 1 is 1.32 bits per heavy atom. The van der Waals surface area contributed by atoms with Crippen LogP contribution in [0.15, 0.2) is 18.2 Å². The summed E-state index contributed by atoms with van der Waals surface area (Å²) in [6.07, 6.45) is 3.54. The first-order chi connectivity index (χ1) is 11.7. The molecule has 3 aliphatic carbocycles. The van der Waals surface area contributed by atoms with E-state index in [1.165, 1.54) is 11.1 Å². The molecule has 3 aliphatic rings. The van der Waals surface area contributed by atoms with Crippen LogP contribution in [0.5, 0.6) is 5.75 Å². The van der Waals surface area contributed by atoms with Gasteiger partial charge in [-0.1, -0.05) is 19.9 Å². The molecule has 25 heavy (non-hydrogen) atoms. The number of benzene rings is 1. The van der Waals surface area contributed by atoms with Gasteiger partial charge >= 0.3 is 0 Å². The summed E-state index contributed by atoms with van der Waals surface area (Å²) >= 11 is 0. The summed E-state index contributed by atoms with van der Waals surface area (Å²) in [7, 11) is 0. The number of phenolic OH excluding ortho intramolecular Hbond substituents is 1. The van der Waals surface area contributed by atoms with Crippen LogP contribution in [0.4, 0.5) is 0 Å². The molecule has 2 saturated carbocycles. The first-order valence-corrected chi connectivity index (χ1v) is 9.13. The molecule has 0 saturated heterocycles. The highest BCUT2D eigenvalue weighted by Crippen LogP contribution is 2.65. The lowest BCUT2D eigenvalue weighted by atomic mass is 9.52. The van der Waals surface area contributed by atoms with Gasteiger partial charge in [0.1, 0.15) is 5.75 Å². The number of fused-ring (bicyclic) bond motifs is 5. The van der Waals surface area contributed by atoms with Gasteiger partial charge in [-0.2, -0.15) is 0 Å². The van der Waals surface area contributed by atoms with E-state index in [0.717, 1.165) is 19.3 Å². The van der Waals surface area contributed by atoms with Gasteiger partial charge in [0.05, 0.1) is 0 Å². The predicted molar refractivity (Wildman–Crippen MR) is 90.3 cm³/mol. The third-order valence-electron chi connectivity index (χ3n) is 7.36. The molecule has 2 fully saturated rings. The highest BCUT2D eigenvalue weighted by molar-refractivity contribution is 5.40. The Hall–Kier alpha value is -1.82. The van der Waals surface area contributed by atoms with Crippen LogP contribution in [0, 0.1) is 33.3 Å². The van der Waals surface area contributed by atoms with Crippen molar-refractivity contribution in [2.45, 2.75) is 57.7 Å². The van der Waals surface area contributed by atoms with Gasteiger partial charge in [0, 0.05) is 11.8 Å². The number of aromatic hydroxyl groups is 1. The topological polar surface area (TPSA) is 92.8 Å². The monoisotopic (exact) mass is 347 g/mol. The summed E-state index contributed by atoms with van der Waals surface area (Å²) in [5, 5.41) is 30.8. The second kappa shape index (κ2) is 5.34. The summed E-state index contributed by atoms with van der Waals surface area (Å²) in [5.41, 5.74) is 1.92. The van der Waals surface area contributed by atoms with Crippen molar-refractivity contribution in [2.75, 3.05) is 0 Å². The van der Waals surface area contributed by atoms with E-state index in [2.05, 4.69) is 6.92 Å². The Labute approximate surface area is 146 Å². The standard InChI is InChI=1S/C19H25NO5/c1-11-9-12-10-13(21)3-4-14(12)15-5-7-18(2)16(17(11)15)6-8-19(18,22)25-20(23)24/h3-4,10-11,15-17,21-22H,5-9H2,1-2H3/t11-,15-,16+,17-,18+,19+/m1/s1. The second-order valence-electron chi connectivity index (χ2n) is 8.45. The Kier molecular flexibility index (Phi) is 3.55. The number of nitrogens with zero attached hydrogens (tertiary/aromatic N) is 1. The van der Waals surface area contributed by atoms with Crippen LogP contribution in [0.3, 0.4) is 0 Å². The van der Waals surface area contributed by atoms with E-state index in [-0.39, 0.29) is 5.92 Å². The summed E-state index contributed by atoms with van der Waals surface area (Å²) < 4.78 is 0. The van der Waals surface area contributed by atoms with Crippen LogP contribution in [-0.4, -0.2) is 21.1 Å². The van der Waals surface area contributed by atoms with E-state index in [0.29, 0.717) is 36.3 Å². The van der Waals surface area contributed by atoms with Crippen LogP contribution >= 0.6 is 0 Å². The lowest BCUT2D eigenvalue weighted by Gasteiger charge is -2.54. The largest absolute Gasteiger partial charge is 0.508 e. The molecule has 6 atom stereocenters. The fourth-order valence-corrected chi connectivity index (χ4v) is 6.21. The van der Waals surface area contributed by atoms with Gasteiger partial charge in [-0.15, -0.1) is 10.1 Å². The molecular formula is C19H25NO5. The fraction of sp³-hybridized carbons (Fsp3) is 0.684. The molecule has 1 aromatic rings. The zero-order chi connectivity index (χ0) is 18.0. The SMILES string of the molecule is C[C@@H]1Cc2cc(O)ccc2[C@H]2CC[C@@]3(C)[C@@H](CC[C@]3(O)O[N+](=O)[O-])[C@H]12. The van der Waals surface area contributed by atoms with Crippen molar-refractivity contribution in [3.05, 3.63) is 39.4 Å². The summed E-state index contributed by atoms with van der Waals surface area (Å²) in [5.74, 6) is -0.00794. The van der Waals surface area contributed by atoms with Gasteiger partial charge in [0.25, 0.3) is 5.09 Å². The molecule has 0 bridgehead atoms. The van der Waals surface area contributed by atoms with Crippen molar-refractivity contribution in [2.24, 2.45) is 23.2 Å². The number of hydrogen-bond donors (Lipinski definition) is 2. The molecule has 2 N–H and O–H groups in total. The first kappa shape index (κ1) is 16.6. The smallest absolute Gasteiger partial charge is 0.297 e. The van der Waals surface area contributed by atoms with Gasteiger partial charge in [0.2, 0.25) is 5.79 Å². The van der Waals surface area contributed by atoms with Gasteiger partial charge in [-0.3, -0.25) is 4.84 Å². The van der Waals surface area contributed by atoms with Crippen LogP contribution < -0.4 is 0 Å². The van der Waals surface area contributed by atoms with E-state index in [1.807, 2.05) is 19.1 Å². The molecular weight excluding hydrogens is 322 g/mol. The maximum atomic E-state index is 10.9. The summed E-state index contributed by atoms with van der Waals surface area (Å²) in [4.78, 5) is 15.7. The molecule has 0 aliphatic heterocycles. The highest BCUT2D eigenvalue weighted by Gasteiger charge is 2.64. The Morgan fingerprint density at radius 3 is 2.80 bits per heavy atom. The van der Waals surface area contributed by atoms with Gasteiger partial charge in [-0.25, -0.2) is 0 Å². The lowest BCUT2D eigenvalue weighted by Crippen LogP contribution is -2.54. The molecule has 4 rings (SSSR count). The molecule has 0 spiro atoms. The summed E-state index contributed by atoms with van der Waals surface area (Å²) in [6.45, 7) is 4.19. The third kappa shape index (κ3) is 2.26. The van der Waals surface area contributed by atoms with Crippen molar-refractivity contribution < 1.29 is 20.1 Å². The minimum Gasteiger partial charge on any atom is -0.508 e. The normalized spacial score (nSPS) is 42.2. The van der Waals surface area contributed by atoms with E-state index in [1.54, 1.807) is 6.07 Å². The lowest BCUT2D eigenvalue weighted by molar-refractivity contribution is -0.801. The molecule has 6 nitrogen and oxygen atoms in total. The number of hydrogen-bond acceptors (Lipinski definition) is 5. The Morgan fingerprint density at radius 2 is 2.08 bits per heavy atom. The predicted octanol–water partition coefficient (Wildman–Crippen LogP) is 3.39. The molecule has 1 aromatic carbocycles. The fourth-order valence-electron chi connectivity index (χ4n) is 6.21. The molecule has 6 heteroatoms. The van der Waals surface area contributed by atoms with Gasteiger partial charge < -0.3 is 10.2 Å². The molecule has 136 valence electrons. The first-order valence-electron chi connectivity index (χ1n) is 9.13. The van der Waals surface area contributed by atoms with Crippen molar-refractivity contribution >= 4 is 0 Å². The van der Waals surface area contributed by atoms with Gasteiger partial charge in [-0.05, 0) is 72.6 Å². The van der Waals surface area contributed by atoms with Crippen molar-refractivity contribution in [1.82, 2.24) is 0 Å². The minimum absolute atomic E-state index is 0.202. The van der Waals surface area contributed by atoms with E-state index < -0.39 is 16.3 Å². The average molecular weight is 347 g/mol. The van der Waals surface area contributed by atoms with Crippen LogP contribution in [0.2, 0.25) is 0 Å². The van der Waals surface area contributed by atoms with Crippen LogP contribution in [0.25, 0.3) is 0 Å². The number of phenols is 1. The van der Waals surface area contributed by atoms with Crippen LogP contribution in [0.1, 0.15) is 56.6 Å². The maximum absolute atomic E-state index is 10.9. The van der Waals surface area contributed by atoms with Crippen molar-refractivity contribution in [1.29, 1.82) is 0 Å². The Balaban J connectivity index is 1.71. The Bertz CT molecular complexity index is 722. The zero-order valence-electron chi connectivity index (χ0n) is 14.6. The zero-order valence-corrected chi connectivity index (χ0v) is 14.6. The van der Waals surface area contributed by atoms with Crippen LogP contribution in [-0.2, 0) is 11.3 Å². The molecule has 0 radical (unpaired) electrons. The summed E-state index contributed by atoms with van der Waals surface area (Å²) in [6, 6.07) is 5.66. The minimum atomic E-state index is -1.68.